The van der Waals surface area contributed by atoms with Crippen LogP contribution < -0.4 is 16.0 Å². The van der Waals surface area contributed by atoms with E-state index in [1.54, 1.807) is 42.9 Å². The number of anilines is 2. The van der Waals surface area contributed by atoms with E-state index in [0.29, 0.717) is 23.6 Å². The van der Waals surface area contributed by atoms with E-state index in [9.17, 15) is 14.4 Å². The maximum Gasteiger partial charge on any atom is 0.273 e. The topological polar surface area (TPSA) is 113 Å². The number of carbonyl (C=O) groups is 3. The lowest BCUT2D eigenvalue weighted by atomic mass is 10.2. The number of aromatic nitrogens is 3. The Kier molecular flexibility index (Phi) is 9.64. The second kappa shape index (κ2) is 12.0. The molecule has 2 heterocycles. The molecule has 0 atom stereocenters. The van der Waals surface area contributed by atoms with Crippen LogP contribution in [0.3, 0.4) is 0 Å². The Bertz CT molecular complexity index is 1270. The number of aryl methyl sites for hydroxylation is 2. The van der Waals surface area contributed by atoms with Crippen molar-refractivity contribution in [2.75, 3.05) is 37.8 Å². The SMILES string of the molecule is C=C(Br)C(=O)Nc1ccc2c(c1)cc(C(=O)Nc1cc(C(=O)NCCCN(C)C)n(C)n1)n2C.Cl. The maximum atomic E-state index is 12.9. The third kappa shape index (κ3) is 6.93. The summed E-state index contributed by atoms with van der Waals surface area (Å²) >= 11 is 3.05. The molecule has 188 valence electrons. The Balaban J connectivity index is 0.00000432. The van der Waals surface area contributed by atoms with Crippen molar-refractivity contribution in [2.45, 2.75) is 6.42 Å². The monoisotopic (exact) mass is 565 g/mol. The summed E-state index contributed by atoms with van der Waals surface area (Å²) in [6.45, 7) is 4.97. The lowest BCUT2D eigenvalue weighted by Crippen LogP contribution is -2.28. The van der Waals surface area contributed by atoms with Crippen LogP contribution in [-0.4, -0.2) is 64.2 Å². The van der Waals surface area contributed by atoms with Crippen LogP contribution in [0.4, 0.5) is 11.5 Å². The van der Waals surface area contributed by atoms with Crippen molar-refractivity contribution in [3.63, 3.8) is 0 Å². The van der Waals surface area contributed by atoms with Gasteiger partial charge in [-0.15, -0.1) is 12.4 Å². The molecule has 0 aliphatic carbocycles. The van der Waals surface area contributed by atoms with Gasteiger partial charge in [-0.05, 0) is 67.3 Å². The maximum absolute atomic E-state index is 12.9. The first kappa shape index (κ1) is 28.1. The van der Waals surface area contributed by atoms with Gasteiger partial charge in [-0.3, -0.25) is 19.1 Å². The molecule has 0 aliphatic rings. The van der Waals surface area contributed by atoms with Crippen molar-refractivity contribution in [1.29, 1.82) is 0 Å². The highest BCUT2D eigenvalue weighted by Gasteiger charge is 2.18. The summed E-state index contributed by atoms with van der Waals surface area (Å²) in [6, 6.07) is 8.62. The number of rotatable bonds is 9. The second-order valence-electron chi connectivity index (χ2n) is 8.13. The predicted molar refractivity (Wildman–Crippen MR) is 144 cm³/mol. The van der Waals surface area contributed by atoms with Crippen molar-refractivity contribution in [1.82, 2.24) is 24.6 Å². The largest absolute Gasteiger partial charge is 0.351 e. The molecule has 0 bridgehead atoms. The Morgan fingerprint density at radius 3 is 2.43 bits per heavy atom. The Morgan fingerprint density at radius 2 is 1.77 bits per heavy atom. The first-order valence-electron chi connectivity index (χ1n) is 10.6. The molecule has 3 N–H and O–H groups in total. The van der Waals surface area contributed by atoms with Gasteiger partial charge in [0.25, 0.3) is 17.7 Å². The molecule has 0 aliphatic heterocycles. The van der Waals surface area contributed by atoms with Gasteiger partial charge in [0.15, 0.2) is 5.82 Å². The van der Waals surface area contributed by atoms with Gasteiger partial charge in [0.1, 0.15) is 11.4 Å². The Labute approximate surface area is 218 Å². The minimum Gasteiger partial charge on any atom is -0.351 e. The minimum atomic E-state index is -0.367. The van der Waals surface area contributed by atoms with Gasteiger partial charge < -0.3 is 25.4 Å². The van der Waals surface area contributed by atoms with E-state index >= 15 is 0 Å². The van der Waals surface area contributed by atoms with Crippen LogP contribution in [0.2, 0.25) is 0 Å². The zero-order chi connectivity index (χ0) is 25.0. The number of nitrogens with zero attached hydrogens (tertiary/aromatic N) is 4. The van der Waals surface area contributed by atoms with Crippen LogP contribution in [0.15, 0.2) is 41.4 Å². The molecule has 0 fully saturated rings. The molecule has 3 aromatic rings. The molecule has 0 spiro atoms. The van der Waals surface area contributed by atoms with E-state index in [1.807, 2.05) is 25.1 Å². The van der Waals surface area contributed by atoms with Crippen molar-refractivity contribution < 1.29 is 14.4 Å². The molecule has 0 radical (unpaired) electrons. The van der Waals surface area contributed by atoms with Crippen LogP contribution in [-0.2, 0) is 18.9 Å². The molecular weight excluding hydrogens is 538 g/mol. The highest BCUT2D eigenvalue weighted by Crippen LogP contribution is 2.24. The van der Waals surface area contributed by atoms with Gasteiger partial charge >= 0.3 is 0 Å². The number of nitrogens with one attached hydrogen (secondary N) is 3. The number of fused-ring (bicyclic) bond motifs is 1. The molecule has 0 unspecified atom stereocenters. The van der Waals surface area contributed by atoms with Crippen LogP contribution in [0.1, 0.15) is 27.4 Å². The summed E-state index contributed by atoms with van der Waals surface area (Å²) in [7, 11) is 7.39. The number of amides is 3. The first-order chi connectivity index (χ1) is 16.1. The predicted octanol–water partition coefficient (Wildman–Crippen LogP) is 3.11. The lowest BCUT2D eigenvalue weighted by molar-refractivity contribution is -0.112. The lowest BCUT2D eigenvalue weighted by Gasteiger charge is -2.09. The average Bonchev–Trinajstić information content (AvgIpc) is 3.30. The fraction of sp³-hybridized carbons (Fsp3) is 0.304. The molecule has 1 aromatic carbocycles. The van der Waals surface area contributed by atoms with Gasteiger partial charge in [0.2, 0.25) is 0 Å². The molecule has 12 heteroatoms. The zero-order valence-corrected chi connectivity index (χ0v) is 22.4. The smallest absolute Gasteiger partial charge is 0.273 e. The number of hydrogen-bond acceptors (Lipinski definition) is 5. The summed E-state index contributed by atoms with van der Waals surface area (Å²) in [4.78, 5) is 39.3. The molecule has 35 heavy (non-hydrogen) atoms. The van der Waals surface area contributed by atoms with Crippen LogP contribution >= 0.6 is 28.3 Å². The number of benzene rings is 1. The fourth-order valence-electron chi connectivity index (χ4n) is 3.45. The zero-order valence-electron chi connectivity index (χ0n) is 20.0. The van der Waals surface area contributed by atoms with E-state index in [1.165, 1.54) is 4.68 Å². The first-order valence-corrected chi connectivity index (χ1v) is 11.4. The van der Waals surface area contributed by atoms with Gasteiger partial charge in [-0.2, -0.15) is 5.10 Å². The van der Waals surface area contributed by atoms with Crippen LogP contribution in [0.25, 0.3) is 10.9 Å². The van der Waals surface area contributed by atoms with Crippen molar-refractivity contribution in [2.24, 2.45) is 14.1 Å². The summed E-state index contributed by atoms with van der Waals surface area (Å²) in [5.74, 6) is -0.685. The fourth-order valence-corrected chi connectivity index (χ4v) is 3.55. The van der Waals surface area contributed by atoms with Crippen LogP contribution in [0, 0.1) is 0 Å². The molecule has 10 nitrogen and oxygen atoms in total. The summed E-state index contributed by atoms with van der Waals surface area (Å²) in [6.07, 6.45) is 0.831. The van der Waals surface area contributed by atoms with E-state index in [2.05, 4.69) is 43.6 Å². The summed E-state index contributed by atoms with van der Waals surface area (Å²) < 4.78 is 3.41. The highest BCUT2D eigenvalue weighted by atomic mass is 79.9. The molecule has 0 saturated heterocycles. The molecular formula is C23H29BrClN7O3. The van der Waals surface area contributed by atoms with Crippen molar-refractivity contribution in [3.05, 3.63) is 52.8 Å². The molecule has 3 rings (SSSR count). The van der Waals surface area contributed by atoms with Gasteiger partial charge in [-0.1, -0.05) is 6.58 Å². The standard InChI is InChI=1S/C23H28BrN7O3.ClH/c1-14(24)21(32)26-16-7-8-17-15(11-16)12-18(30(17)4)23(34)27-20-13-19(31(5)28-20)22(33)25-9-6-10-29(2)3;/h7-8,11-13H,1,6,9-10H2,2-5H3,(H,25,33)(H,26,32)(H,27,28,34);1H. The van der Waals surface area contributed by atoms with Gasteiger partial charge in [0.05, 0.1) is 4.48 Å². The third-order valence-corrected chi connectivity index (χ3v) is 5.56. The second-order valence-corrected chi connectivity index (χ2v) is 9.08. The summed E-state index contributed by atoms with van der Waals surface area (Å²) in [5.41, 5.74) is 2.16. The molecule has 0 saturated carbocycles. The van der Waals surface area contributed by atoms with E-state index < -0.39 is 0 Å². The van der Waals surface area contributed by atoms with E-state index in [4.69, 9.17) is 0 Å². The number of hydrogen-bond donors (Lipinski definition) is 3. The number of carbonyl (C=O) groups excluding carboxylic acids is 3. The van der Waals surface area contributed by atoms with E-state index in [0.717, 1.165) is 23.9 Å². The van der Waals surface area contributed by atoms with Gasteiger partial charge in [0, 0.05) is 43.3 Å². The van der Waals surface area contributed by atoms with Gasteiger partial charge in [-0.25, -0.2) is 0 Å². The highest BCUT2D eigenvalue weighted by molar-refractivity contribution is 9.12. The quantitative estimate of drug-likeness (QED) is 0.272. The van der Waals surface area contributed by atoms with Crippen molar-refractivity contribution >= 4 is 68.5 Å². The normalized spacial score (nSPS) is 10.7. The minimum absolute atomic E-state index is 0. The molecule has 2 aromatic heterocycles. The van der Waals surface area contributed by atoms with Crippen molar-refractivity contribution in [3.8, 4) is 0 Å². The number of halogens is 2. The average molecular weight is 567 g/mol. The Hall–Kier alpha value is -3.15. The van der Waals surface area contributed by atoms with Crippen LogP contribution in [0.5, 0.6) is 0 Å². The third-order valence-electron chi connectivity index (χ3n) is 5.20. The molecule has 3 amide bonds. The Morgan fingerprint density at radius 1 is 1.06 bits per heavy atom. The summed E-state index contributed by atoms with van der Waals surface area (Å²) in [5, 5.41) is 13.4. The van der Waals surface area contributed by atoms with E-state index in [-0.39, 0.29) is 40.4 Å².